The average molecular weight is 299 g/mol. The topological polar surface area (TPSA) is 128 Å². The lowest BCUT2D eigenvalue weighted by atomic mass is 9.99. The molecule has 1 saturated heterocycles. The van der Waals surface area contributed by atoms with E-state index in [1.54, 1.807) is 31.3 Å². The van der Waals surface area contributed by atoms with Gasteiger partial charge in [-0.15, -0.1) is 0 Å². The van der Waals surface area contributed by atoms with Gasteiger partial charge in [-0.05, 0) is 24.3 Å². The van der Waals surface area contributed by atoms with Crippen LogP contribution in [0, 0.1) is 0 Å². The first-order valence-electron chi connectivity index (χ1n) is 6.31. The van der Waals surface area contributed by atoms with E-state index in [9.17, 15) is 20.1 Å². The summed E-state index contributed by atoms with van der Waals surface area (Å²) in [6.45, 7) is 0. The number of carboxylic acid groups (broad SMARTS) is 1. The van der Waals surface area contributed by atoms with E-state index in [0.717, 1.165) is 5.69 Å². The van der Waals surface area contributed by atoms with E-state index in [1.165, 1.54) is 0 Å². The molecule has 0 aliphatic carbocycles. The Bertz CT molecular complexity index is 492. The zero-order valence-corrected chi connectivity index (χ0v) is 11.2. The summed E-state index contributed by atoms with van der Waals surface area (Å²) in [6.07, 6.45) is -8.06. The van der Waals surface area contributed by atoms with E-state index in [-0.39, 0.29) is 0 Å². The second-order valence-corrected chi connectivity index (χ2v) is 4.63. The van der Waals surface area contributed by atoms with Crippen LogP contribution in [-0.4, -0.2) is 64.1 Å². The van der Waals surface area contributed by atoms with Crippen LogP contribution in [0.4, 0.5) is 5.69 Å². The Morgan fingerprint density at radius 1 is 1.14 bits per heavy atom. The van der Waals surface area contributed by atoms with Crippen LogP contribution < -0.4 is 10.1 Å². The van der Waals surface area contributed by atoms with Crippen LogP contribution >= 0.6 is 0 Å². The summed E-state index contributed by atoms with van der Waals surface area (Å²) >= 11 is 0. The van der Waals surface area contributed by atoms with E-state index >= 15 is 0 Å². The van der Waals surface area contributed by atoms with Gasteiger partial charge in [0.05, 0.1) is 0 Å². The fourth-order valence-electron chi connectivity index (χ4n) is 1.98. The fourth-order valence-corrected chi connectivity index (χ4v) is 1.98. The van der Waals surface area contributed by atoms with Gasteiger partial charge in [0, 0.05) is 12.7 Å². The van der Waals surface area contributed by atoms with Crippen molar-refractivity contribution in [2.24, 2.45) is 0 Å². The van der Waals surface area contributed by atoms with E-state index in [1.807, 2.05) is 0 Å². The molecule has 1 aliphatic rings. The van der Waals surface area contributed by atoms with Gasteiger partial charge in [-0.3, -0.25) is 0 Å². The molecule has 2 rings (SSSR count). The molecule has 116 valence electrons. The molecule has 0 saturated carbocycles. The summed E-state index contributed by atoms with van der Waals surface area (Å²) in [5.41, 5.74) is 0.839. The predicted molar refractivity (Wildman–Crippen MR) is 70.9 cm³/mol. The van der Waals surface area contributed by atoms with Gasteiger partial charge in [-0.25, -0.2) is 4.79 Å². The molecule has 0 aromatic heterocycles. The average Bonchev–Trinajstić information content (AvgIpc) is 2.48. The fraction of sp³-hybridized carbons (Fsp3) is 0.462. The van der Waals surface area contributed by atoms with E-state index in [2.05, 4.69) is 5.32 Å². The third kappa shape index (κ3) is 3.24. The standard InChI is InChI=1S/C13H17NO7/c1-14-6-2-4-7(5-3-6)20-13-10(17)8(15)9(16)11(21-13)12(18)19/h2-5,8-11,13-17H,1H3,(H,18,19)/t8-,9-,10+,11-,13+/m0/s1. The highest BCUT2D eigenvalue weighted by Crippen LogP contribution is 2.25. The minimum atomic E-state index is -1.73. The molecule has 0 spiro atoms. The molecule has 8 heteroatoms. The number of carbonyl (C=O) groups is 1. The molecular weight excluding hydrogens is 282 g/mol. The van der Waals surface area contributed by atoms with Crippen LogP contribution in [0.1, 0.15) is 0 Å². The van der Waals surface area contributed by atoms with Crippen molar-refractivity contribution in [2.75, 3.05) is 12.4 Å². The number of carboxylic acids is 1. The van der Waals surface area contributed by atoms with E-state index < -0.39 is 36.7 Å². The molecule has 1 aliphatic heterocycles. The highest BCUT2D eigenvalue weighted by molar-refractivity contribution is 5.73. The summed E-state index contributed by atoms with van der Waals surface area (Å²) in [6, 6.07) is 6.61. The second-order valence-electron chi connectivity index (χ2n) is 4.63. The normalized spacial score (nSPS) is 32.5. The van der Waals surface area contributed by atoms with Crippen molar-refractivity contribution in [3.63, 3.8) is 0 Å². The number of anilines is 1. The third-order valence-corrected chi connectivity index (χ3v) is 3.21. The van der Waals surface area contributed by atoms with Gasteiger partial charge >= 0.3 is 5.97 Å². The van der Waals surface area contributed by atoms with Crippen molar-refractivity contribution < 1.29 is 34.7 Å². The Morgan fingerprint density at radius 2 is 1.76 bits per heavy atom. The van der Waals surface area contributed by atoms with Gasteiger partial charge in [0.1, 0.15) is 24.1 Å². The monoisotopic (exact) mass is 299 g/mol. The molecule has 0 radical (unpaired) electrons. The van der Waals surface area contributed by atoms with Crippen LogP contribution in [0.3, 0.4) is 0 Å². The van der Waals surface area contributed by atoms with Crippen LogP contribution in [-0.2, 0) is 9.53 Å². The molecule has 5 N–H and O–H groups in total. The Hall–Kier alpha value is -1.87. The molecule has 0 amide bonds. The molecule has 1 heterocycles. The zero-order chi connectivity index (χ0) is 15.6. The van der Waals surface area contributed by atoms with Crippen LogP contribution in [0.15, 0.2) is 24.3 Å². The summed E-state index contributed by atoms with van der Waals surface area (Å²) in [7, 11) is 1.75. The number of ether oxygens (including phenoxy) is 2. The first kappa shape index (κ1) is 15.5. The lowest BCUT2D eigenvalue weighted by molar-refractivity contribution is -0.271. The molecule has 0 bridgehead atoms. The van der Waals surface area contributed by atoms with Gasteiger partial charge in [0.2, 0.25) is 6.29 Å². The maximum Gasteiger partial charge on any atom is 0.335 e. The molecule has 8 nitrogen and oxygen atoms in total. The molecule has 5 atom stereocenters. The number of rotatable bonds is 4. The third-order valence-electron chi connectivity index (χ3n) is 3.21. The number of hydrogen-bond acceptors (Lipinski definition) is 7. The highest BCUT2D eigenvalue weighted by atomic mass is 16.7. The number of aliphatic hydroxyl groups is 3. The number of benzene rings is 1. The molecular formula is C13H17NO7. The Kier molecular flexibility index (Phi) is 4.63. The maximum absolute atomic E-state index is 11.0. The van der Waals surface area contributed by atoms with E-state index in [0.29, 0.717) is 5.75 Å². The maximum atomic E-state index is 11.0. The molecule has 0 unspecified atom stereocenters. The first-order valence-corrected chi connectivity index (χ1v) is 6.31. The first-order chi connectivity index (χ1) is 9.93. The molecule has 21 heavy (non-hydrogen) atoms. The van der Waals surface area contributed by atoms with Crippen LogP contribution in [0.5, 0.6) is 5.75 Å². The summed E-state index contributed by atoms with van der Waals surface area (Å²) in [4.78, 5) is 11.0. The van der Waals surface area contributed by atoms with Crippen molar-refractivity contribution in [3.05, 3.63) is 24.3 Å². The number of aliphatic hydroxyl groups excluding tert-OH is 3. The lowest BCUT2D eigenvalue weighted by Gasteiger charge is -2.38. The lowest BCUT2D eigenvalue weighted by Crippen LogP contribution is -2.61. The Labute approximate surface area is 120 Å². The van der Waals surface area contributed by atoms with Gasteiger partial charge in [-0.2, -0.15) is 0 Å². The van der Waals surface area contributed by atoms with Gasteiger partial charge < -0.3 is 35.2 Å². The minimum absolute atomic E-state index is 0.325. The van der Waals surface area contributed by atoms with E-state index in [4.69, 9.17) is 14.6 Å². The molecule has 1 aromatic rings. The number of nitrogens with one attached hydrogen (secondary N) is 1. The minimum Gasteiger partial charge on any atom is -0.479 e. The van der Waals surface area contributed by atoms with Crippen molar-refractivity contribution in [3.8, 4) is 5.75 Å². The SMILES string of the molecule is CNc1ccc(O[C@@H]2O[C@H](C(=O)O)[C@@H](O)[C@H](O)[C@H]2O)cc1. The smallest absolute Gasteiger partial charge is 0.335 e. The van der Waals surface area contributed by atoms with Gasteiger partial charge in [0.15, 0.2) is 6.10 Å². The number of aliphatic carboxylic acids is 1. The van der Waals surface area contributed by atoms with Gasteiger partial charge in [-0.1, -0.05) is 0 Å². The quantitative estimate of drug-likeness (QED) is 0.479. The summed E-state index contributed by atoms with van der Waals surface area (Å²) < 4.78 is 10.3. The van der Waals surface area contributed by atoms with Gasteiger partial charge in [0.25, 0.3) is 0 Å². The highest BCUT2D eigenvalue weighted by Gasteiger charge is 2.48. The predicted octanol–water partition coefficient (Wildman–Crippen LogP) is -1.00. The summed E-state index contributed by atoms with van der Waals surface area (Å²) in [5, 5.41) is 40.9. The number of hydrogen-bond donors (Lipinski definition) is 5. The zero-order valence-electron chi connectivity index (χ0n) is 11.2. The molecule has 1 aromatic carbocycles. The largest absolute Gasteiger partial charge is 0.479 e. The van der Waals surface area contributed by atoms with Crippen molar-refractivity contribution >= 4 is 11.7 Å². The van der Waals surface area contributed by atoms with Crippen molar-refractivity contribution in [1.29, 1.82) is 0 Å². The van der Waals surface area contributed by atoms with Crippen molar-refractivity contribution in [2.45, 2.75) is 30.7 Å². The second kappa shape index (κ2) is 6.27. The van der Waals surface area contributed by atoms with Crippen molar-refractivity contribution in [1.82, 2.24) is 0 Å². The van der Waals surface area contributed by atoms with Crippen LogP contribution in [0.25, 0.3) is 0 Å². The summed E-state index contributed by atoms with van der Waals surface area (Å²) in [5.74, 6) is -1.13. The Morgan fingerprint density at radius 3 is 2.29 bits per heavy atom. The molecule has 1 fully saturated rings. The Balaban J connectivity index is 2.11. The van der Waals surface area contributed by atoms with Crippen LogP contribution in [0.2, 0.25) is 0 Å².